The Bertz CT molecular complexity index is 943. The van der Waals surface area contributed by atoms with E-state index in [2.05, 4.69) is 0 Å². The molecule has 108 valence electrons. The van der Waals surface area contributed by atoms with Crippen LogP contribution in [0.2, 0.25) is 0 Å². The lowest BCUT2D eigenvalue weighted by molar-refractivity contribution is 0.631. The Morgan fingerprint density at radius 1 is 1.00 bits per heavy atom. The van der Waals surface area contributed by atoms with Crippen molar-refractivity contribution in [2.45, 2.75) is 4.90 Å². The molecule has 0 heterocycles. The Balaban J connectivity index is 2.36. The number of halogens is 1. The minimum atomic E-state index is -1.26. The number of rotatable bonds is 2. The largest absolute Gasteiger partial charge is 0.255 e. The summed E-state index contributed by atoms with van der Waals surface area (Å²) >= 11 is 0. The maximum absolute atomic E-state index is 14.2. The zero-order valence-corrected chi connectivity index (χ0v) is 12.7. The molecule has 0 aliphatic heterocycles. The summed E-state index contributed by atoms with van der Waals surface area (Å²) in [5.41, 5.74) is 1.24. The van der Waals surface area contributed by atoms with Gasteiger partial charge < -0.3 is 0 Å². The van der Waals surface area contributed by atoms with E-state index in [1.54, 1.807) is 6.26 Å². The zero-order chi connectivity index (χ0) is 15.7. The molecule has 0 radical (unpaired) electrons. The molecule has 3 rings (SSSR count). The molecule has 0 fully saturated rings. The minimum Gasteiger partial charge on any atom is -0.255 e. The van der Waals surface area contributed by atoms with E-state index in [0.717, 1.165) is 10.8 Å². The summed E-state index contributed by atoms with van der Waals surface area (Å²) in [5.74, 6) is -0.430. The summed E-state index contributed by atoms with van der Waals surface area (Å²) < 4.78 is 26.3. The van der Waals surface area contributed by atoms with E-state index in [1.165, 1.54) is 18.2 Å². The van der Waals surface area contributed by atoms with Crippen LogP contribution in [0.3, 0.4) is 0 Å². The molecular formula is C18H12FNOS. The predicted molar refractivity (Wildman–Crippen MR) is 86.4 cm³/mol. The van der Waals surface area contributed by atoms with Crippen LogP contribution in [0.5, 0.6) is 0 Å². The molecule has 0 N–H and O–H groups in total. The Morgan fingerprint density at radius 2 is 1.68 bits per heavy atom. The van der Waals surface area contributed by atoms with Gasteiger partial charge in [-0.2, -0.15) is 5.26 Å². The van der Waals surface area contributed by atoms with Crippen LogP contribution < -0.4 is 0 Å². The smallest absolute Gasteiger partial charge is 0.131 e. The quantitative estimate of drug-likeness (QED) is 0.710. The molecule has 22 heavy (non-hydrogen) atoms. The van der Waals surface area contributed by atoms with Gasteiger partial charge in [0.1, 0.15) is 5.82 Å². The molecule has 0 amide bonds. The predicted octanol–water partition coefficient (Wildman–Crippen LogP) is 4.25. The second kappa shape index (κ2) is 5.70. The van der Waals surface area contributed by atoms with Crippen LogP contribution in [-0.4, -0.2) is 10.5 Å². The van der Waals surface area contributed by atoms with Crippen molar-refractivity contribution in [2.24, 2.45) is 0 Å². The standard InChI is InChI=1S/C18H12FNOS/c1-22(21)18-10-14-5-3-2-4-13(14)9-16(18)15-8-12(11-20)6-7-17(15)19/h2-10H,1H3. The first kappa shape index (κ1) is 14.4. The van der Waals surface area contributed by atoms with Crippen molar-refractivity contribution in [3.63, 3.8) is 0 Å². The van der Waals surface area contributed by atoms with Gasteiger partial charge in [-0.25, -0.2) is 4.39 Å². The van der Waals surface area contributed by atoms with Gasteiger partial charge in [0.25, 0.3) is 0 Å². The highest BCUT2D eigenvalue weighted by molar-refractivity contribution is 7.84. The fraction of sp³-hybridized carbons (Fsp3) is 0.0556. The Kier molecular flexibility index (Phi) is 3.74. The summed E-state index contributed by atoms with van der Waals surface area (Å²) in [6.45, 7) is 0. The van der Waals surface area contributed by atoms with Gasteiger partial charge in [0, 0.05) is 22.3 Å². The Hall–Kier alpha value is -2.51. The second-order valence-electron chi connectivity index (χ2n) is 4.96. The lowest BCUT2D eigenvalue weighted by atomic mass is 9.99. The van der Waals surface area contributed by atoms with Crippen molar-refractivity contribution in [3.8, 4) is 17.2 Å². The van der Waals surface area contributed by atoms with E-state index in [1.807, 2.05) is 42.5 Å². The SMILES string of the molecule is CS(=O)c1cc2ccccc2cc1-c1cc(C#N)ccc1F. The molecule has 0 aliphatic rings. The zero-order valence-electron chi connectivity index (χ0n) is 11.8. The van der Waals surface area contributed by atoms with E-state index in [4.69, 9.17) is 5.26 Å². The summed E-state index contributed by atoms with van der Waals surface area (Å²) in [6, 6.07) is 17.5. The van der Waals surface area contributed by atoms with Crippen LogP contribution in [0, 0.1) is 17.1 Å². The molecule has 1 unspecified atom stereocenters. The van der Waals surface area contributed by atoms with Crippen LogP contribution in [0.4, 0.5) is 4.39 Å². The van der Waals surface area contributed by atoms with Gasteiger partial charge >= 0.3 is 0 Å². The molecule has 0 aromatic heterocycles. The topological polar surface area (TPSA) is 40.9 Å². The molecule has 4 heteroatoms. The Morgan fingerprint density at radius 3 is 2.32 bits per heavy atom. The highest BCUT2D eigenvalue weighted by atomic mass is 32.2. The van der Waals surface area contributed by atoms with Crippen molar-refractivity contribution < 1.29 is 8.60 Å². The lowest BCUT2D eigenvalue weighted by Gasteiger charge is -2.11. The number of benzene rings is 3. The third kappa shape index (κ3) is 2.51. The number of fused-ring (bicyclic) bond motifs is 1. The van der Waals surface area contributed by atoms with Crippen LogP contribution >= 0.6 is 0 Å². The van der Waals surface area contributed by atoms with E-state index in [0.29, 0.717) is 21.6 Å². The van der Waals surface area contributed by atoms with Gasteiger partial charge in [-0.1, -0.05) is 24.3 Å². The summed E-state index contributed by atoms with van der Waals surface area (Å²) in [7, 11) is -1.26. The molecular weight excluding hydrogens is 297 g/mol. The molecule has 0 aliphatic carbocycles. The van der Waals surface area contributed by atoms with Crippen molar-refractivity contribution in [1.82, 2.24) is 0 Å². The first-order chi connectivity index (χ1) is 10.6. The molecule has 3 aromatic carbocycles. The second-order valence-corrected chi connectivity index (χ2v) is 6.30. The number of hydrogen-bond donors (Lipinski definition) is 0. The Labute approximate surface area is 130 Å². The maximum Gasteiger partial charge on any atom is 0.131 e. The normalized spacial score (nSPS) is 12.0. The average Bonchev–Trinajstić information content (AvgIpc) is 2.54. The average molecular weight is 309 g/mol. The molecule has 0 bridgehead atoms. The van der Waals surface area contributed by atoms with Crippen LogP contribution in [0.15, 0.2) is 59.5 Å². The van der Waals surface area contributed by atoms with E-state index < -0.39 is 16.6 Å². The molecule has 0 saturated carbocycles. The van der Waals surface area contributed by atoms with Gasteiger partial charge in [-0.15, -0.1) is 0 Å². The van der Waals surface area contributed by atoms with Crippen molar-refractivity contribution in [3.05, 3.63) is 66.0 Å². The molecule has 1 atom stereocenters. The van der Waals surface area contributed by atoms with Crippen molar-refractivity contribution in [2.75, 3.05) is 6.26 Å². The number of nitrogens with zero attached hydrogens (tertiary/aromatic N) is 1. The van der Waals surface area contributed by atoms with Gasteiger partial charge in [0.05, 0.1) is 22.4 Å². The molecule has 0 spiro atoms. The third-order valence-electron chi connectivity index (χ3n) is 3.54. The van der Waals surface area contributed by atoms with Crippen LogP contribution in [0.1, 0.15) is 5.56 Å². The number of hydrogen-bond acceptors (Lipinski definition) is 2. The van der Waals surface area contributed by atoms with Crippen molar-refractivity contribution >= 4 is 21.6 Å². The monoisotopic (exact) mass is 309 g/mol. The summed E-state index contributed by atoms with van der Waals surface area (Å²) in [5, 5.41) is 10.9. The first-order valence-corrected chi connectivity index (χ1v) is 8.22. The molecule has 0 saturated heterocycles. The van der Waals surface area contributed by atoms with Gasteiger partial charge in [-0.05, 0) is 41.1 Å². The summed E-state index contributed by atoms with van der Waals surface area (Å²) in [4.78, 5) is 0.563. The third-order valence-corrected chi connectivity index (χ3v) is 4.50. The highest BCUT2D eigenvalue weighted by Gasteiger charge is 2.14. The maximum atomic E-state index is 14.2. The molecule has 2 nitrogen and oxygen atoms in total. The van der Waals surface area contributed by atoms with Crippen LogP contribution in [0.25, 0.3) is 21.9 Å². The highest BCUT2D eigenvalue weighted by Crippen LogP contribution is 2.32. The van der Waals surface area contributed by atoms with Gasteiger partial charge in [0.15, 0.2) is 0 Å². The van der Waals surface area contributed by atoms with Crippen LogP contribution in [-0.2, 0) is 10.8 Å². The van der Waals surface area contributed by atoms with Crippen molar-refractivity contribution in [1.29, 1.82) is 5.26 Å². The van der Waals surface area contributed by atoms with Gasteiger partial charge in [0.2, 0.25) is 0 Å². The minimum absolute atomic E-state index is 0.301. The molecule has 3 aromatic rings. The first-order valence-electron chi connectivity index (χ1n) is 6.66. The van der Waals surface area contributed by atoms with E-state index in [9.17, 15) is 8.60 Å². The fourth-order valence-electron chi connectivity index (χ4n) is 2.47. The fourth-order valence-corrected chi connectivity index (χ4v) is 3.24. The summed E-state index contributed by atoms with van der Waals surface area (Å²) in [6.07, 6.45) is 1.57. The van der Waals surface area contributed by atoms with E-state index in [-0.39, 0.29) is 0 Å². The van der Waals surface area contributed by atoms with E-state index >= 15 is 0 Å². The number of nitriles is 1. The van der Waals surface area contributed by atoms with Gasteiger partial charge in [-0.3, -0.25) is 4.21 Å². The lowest BCUT2D eigenvalue weighted by Crippen LogP contribution is -1.95.